The lowest BCUT2D eigenvalue weighted by molar-refractivity contribution is -0.127. The molecule has 2 aromatic rings. The number of carbonyl (C=O) groups is 1. The largest absolute Gasteiger partial charge is 0.349 e. The highest BCUT2D eigenvalue weighted by Crippen LogP contribution is 2.24. The summed E-state index contributed by atoms with van der Waals surface area (Å²) in [7, 11) is 0. The summed E-state index contributed by atoms with van der Waals surface area (Å²) in [5.41, 5.74) is 4.77. The number of nitrogens with zero attached hydrogens (tertiary/aromatic N) is 1. The van der Waals surface area contributed by atoms with Crippen molar-refractivity contribution in [2.75, 3.05) is 13.1 Å². The van der Waals surface area contributed by atoms with Crippen molar-refractivity contribution in [2.24, 2.45) is 5.92 Å². The number of aryl methyl sites for hydroxylation is 2. The van der Waals surface area contributed by atoms with Gasteiger partial charge < -0.3 is 5.32 Å². The second-order valence-electron chi connectivity index (χ2n) is 8.03. The van der Waals surface area contributed by atoms with Crippen LogP contribution in [0.3, 0.4) is 0 Å². The SMILES string of the molecule is CC[C@@H](NC(=O)[C@H]1CCCN(Cc2ccc(F)cc2)C1)c1ccc(C)cc1C. The Morgan fingerprint density at radius 3 is 2.64 bits per heavy atom. The molecule has 0 bridgehead atoms. The minimum atomic E-state index is -0.211. The molecule has 1 aliphatic heterocycles. The van der Waals surface area contributed by atoms with E-state index in [9.17, 15) is 9.18 Å². The summed E-state index contributed by atoms with van der Waals surface area (Å²) in [6.07, 6.45) is 2.82. The Kier molecular flexibility index (Phi) is 6.84. The van der Waals surface area contributed by atoms with E-state index < -0.39 is 0 Å². The normalized spacial score (nSPS) is 18.6. The maximum atomic E-state index is 13.1. The van der Waals surface area contributed by atoms with Crippen LogP contribution in [-0.4, -0.2) is 23.9 Å². The first kappa shape index (κ1) is 20.5. The lowest BCUT2D eigenvalue weighted by atomic mass is 9.94. The van der Waals surface area contributed by atoms with E-state index in [4.69, 9.17) is 0 Å². The van der Waals surface area contributed by atoms with Crippen LogP contribution in [0.5, 0.6) is 0 Å². The molecule has 0 saturated carbocycles. The highest BCUT2D eigenvalue weighted by atomic mass is 19.1. The molecule has 1 fully saturated rings. The van der Waals surface area contributed by atoms with Crippen molar-refractivity contribution in [1.29, 1.82) is 0 Å². The van der Waals surface area contributed by atoms with Crippen molar-refractivity contribution in [3.8, 4) is 0 Å². The van der Waals surface area contributed by atoms with Gasteiger partial charge in [-0.15, -0.1) is 0 Å². The van der Waals surface area contributed by atoms with Gasteiger partial charge in [-0.2, -0.15) is 0 Å². The number of halogens is 1. The minimum absolute atomic E-state index is 0.00834. The Morgan fingerprint density at radius 2 is 1.96 bits per heavy atom. The number of hydrogen-bond acceptors (Lipinski definition) is 2. The van der Waals surface area contributed by atoms with Gasteiger partial charge in [0, 0.05) is 13.1 Å². The van der Waals surface area contributed by atoms with Crippen molar-refractivity contribution >= 4 is 5.91 Å². The molecule has 1 saturated heterocycles. The average Bonchev–Trinajstić information content (AvgIpc) is 2.68. The van der Waals surface area contributed by atoms with Crippen LogP contribution >= 0.6 is 0 Å². The van der Waals surface area contributed by atoms with Crippen molar-refractivity contribution in [1.82, 2.24) is 10.2 Å². The molecule has 0 aromatic heterocycles. The average molecular weight is 383 g/mol. The van der Waals surface area contributed by atoms with Crippen LogP contribution in [0.1, 0.15) is 54.5 Å². The zero-order valence-corrected chi connectivity index (χ0v) is 17.2. The molecule has 1 heterocycles. The monoisotopic (exact) mass is 382 g/mol. The Morgan fingerprint density at radius 1 is 1.21 bits per heavy atom. The van der Waals surface area contributed by atoms with Crippen molar-refractivity contribution < 1.29 is 9.18 Å². The van der Waals surface area contributed by atoms with Gasteiger partial charge in [0.15, 0.2) is 0 Å². The van der Waals surface area contributed by atoms with Crippen LogP contribution in [0.15, 0.2) is 42.5 Å². The van der Waals surface area contributed by atoms with E-state index in [1.54, 1.807) is 0 Å². The quantitative estimate of drug-likeness (QED) is 0.769. The van der Waals surface area contributed by atoms with Crippen LogP contribution in [-0.2, 0) is 11.3 Å². The van der Waals surface area contributed by atoms with Crippen LogP contribution < -0.4 is 5.32 Å². The van der Waals surface area contributed by atoms with Gasteiger partial charge in [-0.25, -0.2) is 4.39 Å². The minimum Gasteiger partial charge on any atom is -0.349 e. The van der Waals surface area contributed by atoms with E-state index in [0.29, 0.717) is 0 Å². The fraction of sp³-hybridized carbons (Fsp3) is 0.458. The number of likely N-dealkylation sites (tertiary alicyclic amines) is 1. The summed E-state index contributed by atoms with van der Waals surface area (Å²) in [4.78, 5) is 15.3. The van der Waals surface area contributed by atoms with Crippen molar-refractivity contribution in [2.45, 2.75) is 52.6 Å². The molecular weight excluding hydrogens is 351 g/mol. The number of carbonyl (C=O) groups excluding carboxylic acids is 1. The maximum Gasteiger partial charge on any atom is 0.224 e. The van der Waals surface area contributed by atoms with Gasteiger partial charge in [0.05, 0.1) is 12.0 Å². The summed E-state index contributed by atoms with van der Waals surface area (Å²) >= 11 is 0. The molecule has 150 valence electrons. The fourth-order valence-electron chi connectivity index (χ4n) is 4.17. The molecule has 0 spiro atoms. The number of amides is 1. The predicted molar refractivity (Wildman–Crippen MR) is 111 cm³/mol. The summed E-state index contributed by atoms with van der Waals surface area (Å²) in [5, 5.41) is 3.29. The van der Waals surface area contributed by atoms with Gasteiger partial charge in [-0.3, -0.25) is 9.69 Å². The lowest BCUT2D eigenvalue weighted by Crippen LogP contribution is -2.43. The first-order valence-corrected chi connectivity index (χ1v) is 10.3. The third-order valence-corrected chi connectivity index (χ3v) is 5.72. The molecule has 1 aliphatic rings. The molecule has 0 unspecified atom stereocenters. The summed E-state index contributed by atoms with van der Waals surface area (Å²) in [6, 6.07) is 13.1. The van der Waals surface area contributed by atoms with Gasteiger partial charge in [-0.1, -0.05) is 42.8 Å². The Balaban J connectivity index is 1.61. The van der Waals surface area contributed by atoms with E-state index in [1.165, 1.54) is 28.8 Å². The van der Waals surface area contributed by atoms with Crippen molar-refractivity contribution in [3.05, 3.63) is 70.5 Å². The van der Waals surface area contributed by atoms with Crippen LogP contribution in [0, 0.1) is 25.6 Å². The number of piperidine rings is 1. The van der Waals surface area contributed by atoms with E-state index in [1.807, 2.05) is 12.1 Å². The molecular formula is C24H31FN2O. The summed E-state index contributed by atoms with van der Waals surface area (Å²) in [6.45, 7) is 8.82. The molecule has 3 nitrogen and oxygen atoms in total. The van der Waals surface area contributed by atoms with E-state index in [-0.39, 0.29) is 23.7 Å². The molecule has 0 radical (unpaired) electrons. The third kappa shape index (κ3) is 5.20. The van der Waals surface area contributed by atoms with Gasteiger partial charge in [0.25, 0.3) is 0 Å². The first-order chi connectivity index (χ1) is 13.5. The predicted octanol–water partition coefficient (Wildman–Crippen LogP) is 4.92. The topological polar surface area (TPSA) is 32.3 Å². The number of hydrogen-bond donors (Lipinski definition) is 1. The third-order valence-electron chi connectivity index (χ3n) is 5.72. The summed E-state index contributed by atoms with van der Waals surface area (Å²) < 4.78 is 13.1. The van der Waals surface area contributed by atoms with E-state index >= 15 is 0 Å². The second-order valence-corrected chi connectivity index (χ2v) is 8.03. The second kappa shape index (κ2) is 9.33. The van der Waals surface area contributed by atoms with E-state index in [2.05, 4.69) is 49.2 Å². The Bertz CT molecular complexity index is 803. The zero-order chi connectivity index (χ0) is 20.1. The number of nitrogens with one attached hydrogen (secondary N) is 1. The molecule has 2 aromatic carbocycles. The molecule has 1 N–H and O–H groups in total. The fourth-order valence-corrected chi connectivity index (χ4v) is 4.17. The Labute approximate surface area is 167 Å². The zero-order valence-electron chi connectivity index (χ0n) is 17.2. The maximum absolute atomic E-state index is 13.1. The lowest BCUT2D eigenvalue weighted by Gasteiger charge is -2.33. The molecule has 0 aliphatic carbocycles. The number of rotatable bonds is 6. The molecule has 3 rings (SSSR count). The smallest absolute Gasteiger partial charge is 0.224 e. The van der Waals surface area contributed by atoms with Gasteiger partial charge in [0.2, 0.25) is 5.91 Å². The standard InChI is InChI=1S/C24H31FN2O/c1-4-23(22-12-7-17(2)14-18(22)3)26-24(28)20-6-5-13-27(16-20)15-19-8-10-21(25)11-9-19/h7-12,14,20,23H,4-6,13,15-16H2,1-3H3,(H,26,28)/t20-,23+/m0/s1. The van der Waals surface area contributed by atoms with Crippen molar-refractivity contribution in [3.63, 3.8) is 0 Å². The molecule has 28 heavy (non-hydrogen) atoms. The van der Waals surface area contributed by atoms with E-state index in [0.717, 1.165) is 44.5 Å². The number of benzene rings is 2. The molecule has 2 atom stereocenters. The highest BCUT2D eigenvalue weighted by Gasteiger charge is 2.27. The molecule has 4 heteroatoms. The van der Waals surface area contributed by atoms with Gasteiger partial charge >= 0.3 is 0 Å². The highest BCUT2D eigenvalue weighted by molar-refractivity contribution is 5.79. The van der Waals surface area contributed by atoms with Crippen LogP contribution in [0.4, 0.5) is 4.39 Å². The Hall–Kier alpha value is -2.20. The first-order valence-electron chi connectivity index (χ1n) is 10.3. The molecule has 1 amide bonds. The summed E-state index contributed by atoms with van der Waals surface area (Å²) in [5.74, 6) is -0.0544. The van der Waals surface area contributed by atoms with Crippen LogP contribution in [0.2, 0.25) is 0 Å². The van der Waals surface area contributed by atoms with Gasteiger partial charge in [0.1, 0.15) is 5.82 Å². The van der Waals surface area contributed by atoms with Gasteiger partial charge in [-0.05, 0) is 68.5 Å². The van der Waals surface area contributed by atoms with Crippen LogP contribution in [0.25, 0.3) is 0 Å².